The minimum atomic E-state index is -0.944. The Kier molecular flexibility index (Phi) is 15.9. The molecule has 17 heteroatoms. The Morgan fingerprint density at radius 1 is 0.903 bits per heavy atom. The van der Waals surface area contributed by atoms with Crippen LogP contribution in [0.25, 0.3) is 21.2 Å². The number of ether oxygens (including phenoxy) is 1. The second kappa shape index (κ2) is 22.1. The number of nitrogens with zero attached hydrogens (tertiary/aromatic N) is 3. The SMILES string of the molecule is Cc1ncsc1-c1ccc(CNC(=O)[C@H]2C[C@H](O)CN2C(=O)[C@H](NC(=O)CCc2ccc3cc(CO[C@H](C)[C@H](CCC(N)=O)NC(=O)[C@@H]4Cc5cccc6c5N4C(=O)[C@@H](N)CC6)ccc3c2)C(C)(C)C)cc1. The van der Waals surface area contributed by atoms with Crippen LogP contribution in [-0.4, -0.2) is 99.4 Å². The Labute approximate surface area is 424 Å². The van der Waals surface area contributed by atoms with Gasteiger partial charge in [-0.2, -0.15) is 0 Å². The number of nitrogens with one attached hydrogen (secondary N) is 3. The van der Waals surface area contributed by atoms with Gasteiger partial charge in [0.2, 0.25) is 35.4 Å². The van der Waals surface area contributed by atoms with Crippen LogP contribution in [0.5, 0.6) is 0 Å². The minimum absolute atomic E-state index is 0.0157. The molecule has 1 saturated heterocycles. The van der Waals surface area contributed by atoms with Gasteiger partial charge >= 0.3 is 0 Å². The molecule has 5 aromatic rings. The molecule has 72 heavy (non-hydrogen) atoms. The van der Waals surface area contributed by atoms with Crippen LogP contribution in [0.2, 0.25) is 0 Å². The normalized spacial score (nSPS) is 19.8. The van der Waals surface area contributed by atoms with Gasteiger partial charge in [-0.25, -0.2) is 4.98 Å². The first-order valence-corrected chi connectivity index (χ1v) is 25.7. The van der Waals surface area contributed by atoms with Gasteiger partial charge in [0.15, 0.2) is 0 Å². The van der Waals surface area contributed by atoms with Gasteiger partial charge in [-0.1, -0.05) is 93.6 Å². The van der Waals surface area contributed by atoms with Gasteiger partial charge in [-0.3, -0.25) is 33.7 Å². The highest BCUT2D eigenvalue weighted by molar-refractivity contribution is 7.13. The predicted octanol–water partition coefficient (Wildman–Crippen LogP) is 4.90. The number of hydrogen-bond donors (Lipinski definition) is 6. The number of likely N-dealkylation sites (tertiary alicyclic amines) is 1. The van der Waals surface area contributed by atoms with Crippen LogP contribution in [0, 0.1) is 12.3 Å². The molecule has 0 spiro atoms. The molecule has 6 amide bonds. The number of rotatable bonds is 18. The summed E-state index contributed by atoms with van der Waals surface area (Å²) >= 11 is 1.57. The van der Waals surface area contributed by atoms with Crippen LogP contribution in [0.4, 0.5) is 5.69 Å². The van der Waals surface area contributed by atoms with E-state index in [2.05, 4.69) is 20.9 Å². The number of aliphatic hydroxyl groups is 1. The molecule has 16 nitrogen and oxygen atoms in total. The zero-order valence-electron chi connectivity index (χ0n) is 41.6. The number of aromatic nitrogens is 1. The Morgan fingerprint density at radius 2 is 1.60 bits per heavy atom. The number of fused-ring (bicyclic) bond motifs is 1. The van der Waals surface area contributed by atoms with Crippen LogP contribution in [0.3, 0.4) is 0 Å². The molecule has 1 aromatic heterocycles. The van der Waals surface area contributed by atoms with E-state index in [0.717, 1.165) is 60.4 Å². The van der Waals surface area contributed by atoms with Gasteiger partial charge < -0.3 is 42.2 Å². The molecule has 3 aliphatic heterocycles. The summed E-state index contributed by atoms with van der Waals surface area (Å²) in [4.78, 5) is 89.1. The Hall–Kier alpha value is -6.53. The first-order valence-electron chi connectivity index (χ1n) is 24.8. The summed E-state index contributed by atoms with van der Waals surface area (Å²) in [5, 5.41) is 21.6. The summed E-state index contributed by atoms with van der Waals surface area (Å²) in [6.07, 6.45) is 1.02. The van der Waals surface area contributed by atoms with Crippen LogP contribution < -0.4 is 32.3 Å². The molecule has 8 rings (SSSR count). The van der Waals surface area contributed by atoms with Crippen LogP contribution >= 0.6 is 11.3 Å². The van der Waals surface area contributed by atoms with Crippen molar-refractivity contribution in [2.45, 2.75) is 142 Å². The molecule has 0 unspecified atom stereocenters. The fourth-order valence-electron chi connectivity index (χ4n) is 10.1. The molecule has 0 aliphatic carbocycles. The highest BCUT2D eigenvalue weighted by atomic mass is 32.1. The van der Waals surface area contributed by atoms with Gasteiger partial charge in [0.05, 0.1) is 52.7 Å². The average Bonchev–Trinajstić information content (AvgIpc) is 4.07. The quantitative estimate of drug-likeness (QED) is 0.0694. The molecule has 0 bridgehead atoms. The molecular formula is C55H66N8O8S. The molecule has 0 saturated carbocycles. The summed E-state index contributed by atoms with van der Waals surface area (Å²) in [6, 6.07) is 21.8. The van der Waals surface area contributed by atoms with Gasteiger partial charge in [-0.15, -0.1) is 11.3 Å². The predicted molar refractivity (Wildman–Crippen MR) is 276 cm³/mol. The number of β-amino-alcohol motifs (C(OH)–C–C–N with tert-alkyl or cyclic N) is 1. The van der Waals surface area contributed by atoms with E-state index in [0.29, 0.717) is 25.7 Å². The second-order valence-electron chi connectivity index (χ2n) is 20.6. The maximum Gasteiger partial charge on any atom is 0.246 e. The minimum Gasteiger partial charge on any atom is -0.391 e. The number of aliphatic hydroxyl groups excluding tert-OH is 1. The molecule has 4 aromatic carbocycles. The standard InChI is InChI=1S/C55H66N8O8S/c1-31-49(72-30-59-31)37-14-10-34(11-15-37)27-58-51(67)44-26-41(64)28-62(44)54(70)50(55(3,4)5)61-47(66)22-13-33-9-16-39-24-35(12-17-38(39)23-33)29-71-32(2)43(20-21-46(57)65)60-52(68)45-25-40-8-6-7-36-18-19-42(56)53(69)63(45)48(36)40/h6-12,14-17,23-24,30,32,41-45,50,64H,13,18-22,25-29,56H2,1-5H3,(H2,57,65)(H,58,67)(H,60,68)(H,61,66)/t32-,41+,42+,43+,44-,45+,50+/m1/s1. The van der Waals surface area contributed by atoms with Crippen LogP contribution in [0.15, 0.2) is 84.4 Å². The fraction of sp³-hybridized carbons (Fsp3) is 0.436. The van der Waals surface area contributed by atoms with Gasteiger partial charge in [-0.05, 0) is 95.2 Å². The van der Waals surface area contributed by atoms with Crippen molar-refractivity contribution in [2.24, 2.45) is 16.9 Å². The molecule has 0 radical (unpaired) electrons. The van der Waals surface area contributed by atoms with E-state index in [4.69, 9.17) is 16.2 Å². The Balaban J connectivity index is 0.843. The Morgan fingerprint density at radius 3 is 2.29 bits per heavy atom. The van der Waals surface area contributed by atoms with Gasteiger partial charge in [0.25, 0.3) is 0 Å². The third-order valence-electron chi connectivity index (χ3n) is 14.2. The van der Waals surface area contributed by atoms with Crippen molar-refractivity contribution < 1.29 is 38.6 Å². The first-order chi connectivity index (χ1) is 34.3. The summed E-state index contributed by atoms with van der Waals surface area (Å²) in [7, 11) is 0. The molecule has 7 atom stereocenters. The van der Waals surface area contributed by atoms with Crippen molar-refractivity contribution in [3.8, 4) is 10.4 Å². The third kappa shape index (κ3) is 11.9. The monoisotopic (exact) mass is 998 g/mol. The topological polar surface area (TPSA) is 239 Å². The highest BCUT2D eigenvalue weighted by Crippen LogP contribution is 2.39. The first kappa shape index (κ1) is 51.8. The molecular weight excluding hydrogens is 933 g/mol. The number of amides is 6. The summed E-state index contributed by atoms with van der Waals surface area (Å²) in [6.45, 7) is 9.84. The number of nitrogens with two attached hydrogens (primary N) is 2. The number of carbonyl (C=O) groups is 6. The molecule has 4 heterocycles. The molecule has 8 N–H and O–H groups in total. The van der Waals surface area contributed by atoms with Crippen molar-refractivity contribution >= 4 is 63.2 Å². The average molecular weight is 999 g/mol. The number of primary amides is 1. The number of para-hydroxylation sites is 1. The zero-order valence-corrected chi connectivity index (χ0v) is 42.4. The van der Waals surface area contributed by atoms with E-state index in [9.17, 15) is 33.9 Å². The number of benzene rings is 4. The van der Waals surface area contributed by atoms with E-state index in [1.54, 1.807) is 16.2 Å². The van der Waals surface area contributed by atoms with Crippen molar-refractivity contribution in [3.05, 3.63) is 118 Å². The van der Waals surface area contributed by atoms with Gasteiger partial charge in [0.1, 0.15) is 18.1 Å². The second-order valence-corrected chi connectivity index (χ2v) is 21.4. The molecule has 380 valence electrons. The lowest BCUT2D eigenvalue weighted by atomic mass is 9.85. The molecule has 3 aliphatic rings. The lowest BCUT2D eigenvalue weighted by molar-refractivity contribution is -0.144. The van der Waals surface area contributed by atoms with Crippen molar-refractivity contribution in [2.75, 3.05) is 11.4 Å². The van der Waals surface area contributed by atoms with E-state index in [1.165, 1.54) is 4.90 Å². The van der Waals surface area contributed by atoms with Crippen molar-refractivity contribution in [1.82, 2.24) is 25.8 Å². The van der Waals surface area contributed by atoms with E-state index >= 15 is 0 Å². The number of anilines is 1. The maximum absolute atomic E-state index is 14.2. The summed E-state index contributed by atoms with van der Waals surface area (Å²) in [5.74, 6) is -2.22. The van der Waals surface area contributed by atoms with Crippen LogP contribution in [0.1, 0.15) is 93.3 Å². The maximum atomic E-state index is 14.2. The third-order valence-corrected chi connectivity index (χ3v) is 15.2. The van der Waals surface area contributed by atoms with Crippen molar-refractivity contribution in [3.63, 3.8) is 0 Å². The molecule has 1 fully saturated rings. The largest absolute Gasteiger partial charge is 0.391 e. The van der Waals surface area contributed by atoms with E-state index < -0.39 is 59.6 Å². The number of aryl methyl sites for hydroxylation is 3. The highest BCUT2D eigenvalue weighted by Gasteiger charge is 2.45. The summed E-state index contributed by atoms with van der Waals surface area (Å²) < 4.78 is 6.33. The number of carbonyl (C=O) groups excluding carboxylic acids is 6. The smallest absolute Gasteiger partial charge is 0.246 e. The lowest BCUT2D eigenvalue weighted by Crippen LogP contribution is -2.57. The Bertz CT molecular complexity index is 2840. The van der Waals surface area contributed by atoms with Gasteiger partial charge in [0, 0.05) is 38.8 Å². The number of thiazole rings is 1. The van der Waals surface area contributed by atoms with Crippen molar-refractivity contribution in [1.29, 1.82) is 0 Å². The van der Waals surface area contributed by atoms with E-state index in [-0.39, 0.29) is 69.0 Å². The summed E-state index contributed by atoms with van der Waals surface area (Å²) in [5.41, 5.74) is 20.3. The lowest BCUT2D eigenvalue weighted by Gasteiger charge is -2.35. The zero-order chi connectivity index (χ0) is 51.4. The fourth-order valence-corrected chi connectivity index (χ4v) is 10.9. The van der Waals surface area contributed by atoms with E-state index in [1.807, 2.05) is 119 Å². The van der Waals surface area contributed by atoms with Crippen LogP contribution in [-0.2, 0) is 65.9 Å². The number of hydrogen-bond acceptors (Lipinski definition) is 11.